The number of hydrogen-bond donors (Lipinski definition) is 1. The summed E-state index contributed by atoms with van der Waals surface area (Å²) in [5.41, 5.74) is 2.67. The van der Waals surface area contributed by atoms with Gasteiger partial charge in [0, 0.05) is 11.6 Å². The molecule has 7 heteroatoms. The number of anilines is 1. The van der Waals surface area contributed by atoms with Gasteiger partial charge in [0.15, 0.2) is 9.84 Å². The monoisotopic (exact) mass is 367 g/mol. The number of hydrogen-bond acceptors (Lipinski definition) is 5. The highest BCUT2D eigenvalue weighted by atomic mass is 32.2. The smallest absolute Gasteiger partial charge is 0.261 e. The maximum Gasteiger partial charge on any atom is 0.261 e. The van der Waals surface area contributed by atoms with E-state index in [-0.39, 0.29) is 17.8 Å². The van der Waals surface area contributed by atoms with Gasteiger partial charge in [0.2, 0.25) is 0 Å². The van der Waals surface area contributed by atoms with Gasteiger partial charge in [0.05, 0.1) is 5.75 Å². The molecule has 2 atom stereocenters. The van der Waals surface area contributed by atoms with Crippen molar-refractivity contribution in [2.45, 2.75) is 35.8 Å². The second-order valence-electron chi connectivity index (χ2n) is 5.64. The van der Waals surface area contributed by atoms with Gasteiger partial charge >= 0.3 is 0 Å². The minimum absolute atomic E-state index is 0.00675. The van der Waals surface area contributed by atoms with Crippen molar-refractivity contribution in [2.24, 2.45) is 0 Å². The minimum atomic E-state index is -3.31. The Balaban J connectivity index is 1.95. The number of nitrogens with one attached hydrogen (secondary N) is 1. The lowest BCUT2D eigenvalue weighted by atomic mass is 9.93. The lowest BCUT2D eigenvalue weighted by molar-refractivity contribution is 0.191. The Morgan fingerprint density at radius 1 is 1.30 bits per heavy atom. The molecule has 0 saturated heterocycles. The maximum absolute atomic E-state index is 12.4. The molecule has 2 aromatic rings. The van der Waals surface area contributed by atoms with Crippen LogP contribution in [0.3, 0.4) is 0 Å². The van der Waals surface area contributed by atoms with E-state index in [9.17, 15) is 8.42 Å². The van der Waals surface area contributed by atoms with Crippen LogP contribution in [0.2, 0.25) is 0 Å². The molecule has 0 unspecified atom stereocenters. The van der Waals surface area contributed by atoms with Gasteiger partial charge in [-0.2, -0.15) is 0 Å². The van der Waals surface area contributed by atoms with Crippen molar-refractivity contribution in [3.63, 3.8) is 0 Å². The lowest BCUT2D eigenvalue weighted by Crippen LogP contribution is -2.19. The zero-order valence-electron chi connectivity index (χ0n) is 12.8. The number of ether oxygens (including phenoxy) is 1. The Kier molecular flexibility index (Phi) is 4.44. The Bertz CT molecular complexity index is 828. The van der Waals surface area contributed by atoms with Crippen molar-refractivity contribution in [1.29, 1.82) is 0 Å². The molecule has 4 nitrogen and oxygen atoms in total. The van der Waals surface area contributed by atoms with Crippen LogP contribution in [0.4, 0.5) is 5.69 Å². The summed E-state index contributed by atoms with van der Waals surface area (Å²) in [5.74, 6) is 0.107. The van der Waals surface area contributed by atoms with Crippen molar-refractivity contribution >= 4 is 44.3 Å². The van der Waals surface area contributed by atoms with E-state index in [0.29, 0.717) is 9.38 Å². The molecule has 0 fully saturated rings. The molecule has 0 aliphatic carbocycles. The Morgan fingerprint density at radius 3 is 2.78 bits per heavy atom. The van der Waals surface area contributed by atoms with Crippen LogP contribution in [0.15, 0.2) is 39.9 Å². The van der Waals surface area contributed by atoms with Gasteiger partial charge in [-0.15, -0.1) is 11.3 Å². The van der Waals surface area contributed by atoms with E-state index in [1.54, 1.807) is 17.5 Å². The molecule has 0 radical (unpaired) electrons. The molecule has 0 amide bonds. The number of benzene rings is 1. The van der Waals surface area contributed by atoms with Crippen LogP contribution in [0.5, 0.6) is 0 Å². The molecular weight excluding hydrogens is 350 g/mol. The summed E-state index contributed by atoms with van der Waals surface area (Å²) < 4.78 is 30.9. The molecular formula is C16H17NO3S3. The van der Waals surface area contributed by atoms with Gasteiger partial charge in [-0.25, -0.2) is 8.42 Å². The van der Waals surface area contributed by atoms with E-state index < -0.39 is 9.84 Å². The third-order valence-electron chi connectivity index (χ3n) is 4.00. The number of fused-ring (bicyclic) bond motifs is 1. The third-order valence-corrected chi connectivity index (χ3v) is 7.37. The van der Waals surface area contributed by atoms with Crippen molar-refractivity contribution in [3.8, 4) is 0 Å². The molecule has 1 aromatic carbocycles. The van der Waals surface area contributed by atoms with Gasteiger partial charge in [0.1, 0.15) is 10.3 Å². The molecule has 1 aliphatic heterocycles. The van der Waals surface area contributed by atoms with E-state index in [1.165, 1.54) is 11.3 Å². The van der Waals surface area contributed by atoms with Crippen LogP contribution in [0.25, 0.3) is 0 Å². The van der Waals surface area contributed by atoms with Crippen LogP contribution >= 0.6 is 23.6 Å². The van der Waals surface area contributed by atoms with Gasteiger partial charge < -0.3 is 10.1 Å². The highest BCUT2D eigenvalue weighted by Crippen LogP contribution is 2.33. The summed E-state index contributed by atoms with van der Waals surface area (Å²) in [5, 5.41) is 5.19. The van der Waals surface area contributed by atoms with Crippen molar-refractivity contribution in [1.82, 2.24) is 0 Å². The van der Waals surface area contributed by atoms with Crippen LogP contribution in [-0.2, 0) is 20.3 Å². The summed E-state index contributed by atoms with van der Waals surface area (Å²) in [6.07, 6.45) is -0.0691. The molecule has 0 saturated carbocycles. The molecule has 122 valence electrons. The minimum Gasteiger partial charge on any atom is -0.467 e. The summed E-state index contributed by atoms with van der Waals surface area (Å²) in [6.45, 7) is 4.01. The predicted molar refractivity (Wildman–Crippen MR) is 96.8 cm³/mol. The van der Waals surface area contributed by atoms with Gasteiger partial charge in [-0.3, -0.25) is 0 Å². The average molecular weight is 368 g/mol. The summed E-state index contributed by atoms with van der Waals surface area (Å²) >= 11 is 6.39. The largest absolute Gasteiger partial charge is 0.467 e. The quantitative estimate of drug-likeness (QED) is 0.833. The molecule has 2 heterocycles. The molecule has 0 bridgehead atoms. The van der Waals surface area contributed by atoms with Crippen LogP contribution in [0.1, 0.15) is 30.9 Å². The fourth-order valence-electron chi connectivity index (χ4n) is 2.59. The van der Waals surface area contributed by atoms with E-state index in [0.717, 1.165) is 16.8 Å². The van der Waals surface area contributed by atoms with E-state index in [4.69, 9.17) is 17.0 Å². The first-order valence-corrected chi connectivity index (χ1v) is 10.2. The SMILES string of the molecule is C[C@@H]1OC(=S)Nc2ccc(CS(=O)(=O)c3cccs3)cc2[C@@H]1C. The van der Waals surface area contributed by atoms with Gasteiger partial charge in [-0.1, -0.05) is 25.1 Å². The zero-order chi connectivity index (χ0) is 16.6. The molecule has 0 spiro atoms. The second kappa shape index (κ2) is 6.22. The molecule has 1 aliphatic rings. The van der Waals surface area contributed by atoms with Crippen molar-refractivity contribution in [2.75, 3.05) is 5.32 Å². The first-order chi connectivity index (χ1) is 10.9. The highest BCUT2D eigenvalue weighted by molar-refractivity contribution is 7.92. The highest BCUT2D eigenvalue weighted by Gasteiger charge is 2.25. The maximum atomic E-state index is 12.4. The molecule has 1 aromatic heterocycles. The standard InChI is InChI=1S/C16H17NO3S3/c1-10-11(2)20-16(21)17-14-6-5-12(8-13(10)14)9-23(18,19)15-4-3-7-22-15/h3-8,10-11H,9H2,1-2H3,(H,17,21)/t10-,11+/m1/s1. The fourth-order valence-corrected chi connectivity index (χ4v) is 5.27. The normalized spacial score (nSPS) is 21.0. The topological polar surface area (TPSA) is 55.4 Å². The van der Waals surface area contributed by atoms with E-state index >= 15 is 0 Å². The summed E-state index contributed by atoms with van der Waals surface area (Å²) in [4.78, 5) is 0. The predicted octanol–water partition coefficient (Wildman–Crippen LogP) is 3.94. The second-order valence-corrected chi connectivity index (χ2v) is 9.17. The van der Waals surface area contributed by atoms with Crippen LogP contribution in [0, 0.1) is 0 Å². The van der Waals surface area contributed by atoms with E-state index in [1.807, 2.05) is 25.1 Å². The van der Waals surface area contributed by atoms with Crippen molar-refractivity contribution < 1.29 is 13.2 Å². The number of sulfone groups is 1. The number of thiocarbonyl (C=S) groups is 1. The Hall–Kier alpha value is -1.44. The van der Waals surface area contributed by atoms with Gasteiger partial charge in [-0.05, 0) is 47.8 Å². The van der Waals surface area contributed by atoms with Gasteiger partial charge in [0.25, 0.3) is 5.17 Å². The zero-order valence-corrected chi connectivity index (χ0v) is 15.2. The number of thiophene rings is 1. The van der Waals surface area contributed by atoms with Crippen LogP contribution < -0.4 is 5.32 Å². The summed E-state index contributed by atoms with van der Waals surface area (Å²) in [7, 11) is -3.31. The average Bonchev–Trinajstić information content (AvgIpc) is 2.99. The number of rotatable bonds is 3. The van der Waals surface area contributed by atoms with Crippen molar-refractivity contribution in [3.05, 3.63) is 46.8 Å². The Labute approximate surface area is 145 Å². The first-order valence-electron chi connectivity index (χ1n) is 7.23. The lowest BCUT2D eigenvalue weighted by Gasteiger charge is -2.18. The summed E-state index contributed by atoms with van der Waals surface area (Å²) in [6, 6.07) is 9.02. The first kappa shape index (κ1) is 16.4. The molecule has 1 N–H and O–H groups in total. The Morgan fingerprint density at radius 2 is 2.09 bits per heavy atom. The van der Waals surface area contributed by atoms with Crippen LogP contribution in [-0.4, -0.2) is 19.7 Å². The molecule has 3 rings (SSSR count). The molecule has 23 heavy (non-hydrogen) atoms. The fraction of sp³-hybridized carbons (Fsp3) is 0.312. The van der Waals surface area contributed by atoms with E-state index in [2.05, 4.69) is 12.2 Å². The third kappa shape index (κ3) is 3.41.